The largest absolute Gasteiger partial charge is 0.396 e. The van der Waals surface area contributed by atoms with Crippen LogP contribution in [-0.4, -0.2) is 29.9 Å². The number of nitrogen functional groups attached to an aromatic ring is 1. The predicted octanol–water partition coefficient (Wildman–Crippen LogP) is 0.412. The quantitative estimate of drug-likeness (QED) is 0.550. The highest BCUT2D eigenvalue weighted by Gasteiger charge is 2.21. The summed E-state index contributed by atoms with van der Waals surface area (Å²) in [4.78, 5) is 0. The highest BCUT2D eigenvalue weighted by atomic mass is 19.1. The van der Waals surface area contributed by atoms with Crippen molar-refractivity contribution < 1.29 is 14.6 Å². The van der Waals surface area contributed by atoms with Crippen molar-refractivity contribution in [2.75, 3.05) is 19.3 Å². The Morgan fingerprint density at radius 3 is 2.75 bits per heavy atom. The van der Waals surface area contributed by atoms with E-state index in [4.69, 9.17) is 5.73 Å². The summed E-state index contributed by atoms with van der Waals surface area (Å²) >= 11 is 0. The molecule has 0 fully saturated rings. The van der Waals surface area contributed by atoms with Crippen LogP contribution in [0.4, 0.5) is 10.1 Å². The summed E-state index contributed by atoms with van der Waals surface area (Å²) in [6.07, 6.45) is -1.92. The number of anilines is 1. The summed E-state index contributed by atoms with van der Waals surface area (Å²) < 4.78 is 13.5. The van der Waals surface area contributed by atoms with Crippen molar-refractivity contribution in [3.05, 3.63) is 29.6 Å². The molecule has 5 N–H and O–H groups in total. The van der Waals surface area contributed by atoms with Gasteiger partial charge in [-0.1, -0.05) is 12.1 Å². The van der Waals surface area contributed by atoms with Crippen molar-refractivity contribution >= 4 is 5.69 Å². The van der Waals surface area contributed by atoms with Gasteiger partial charge in [0.1, 0.15) is 6.10 Å². The van der Waals surface area contributed by atoms with Gasteiger partial charge in [0.2, 0.25) is 0 Å². The lowest BCUT2D eigenvalue weighted by Gasteiger charge is -2.19. The van der Waals surface area contributed by atoms with Gasteiger partial charge in [0, 0.05) is 5.56 Å². The first-order valence-corrected chi connectivity index (χ1v) is 5.12. The van der Waals surface area contributed by atoms with Crippen molar-refractivity contribution in [3.8, 4) is 0 Å². The Kier molecular flexibility index (Phi) is 4.67. The number of hydrogen-bond acceptors (Lipinski definition) is 4. The van der Waals surface area contributed by atoms with Crippen molar-refractivity contribution in [3.63, 3.8) is 0 Å². The molecule has 4 nitrogen and oxygen atoms in total. The second kappa shape index (κ2) is 5.79. The minimum Gasteiger partial charge on any atom is -0.396 e. The van der Waals surface area contributed by atoms with Gasteiger partial charge in [-0.2, -0.15) is 0 Å². The number of nitrogens with two attached hydrogens (primary N) is 1. The number of hydrogen-bond donors (Lipinski definition) is 4. The first-order chi connectivity index (χ1) is 7.57. The Hall–Kier alpha value is -1.17. The minimum absolute atomic E-state index is 0.0302. The fourth-order valence-corrected chi connectivity index (χ4v) is 1.45. The van der Waals surface area contributed by atoms with Crippen LogP contribution in [0.2, 0.25) is 0 Å². The summed E-state index contributed by atoms with van der Waals surface area (Å²) in [5.74, 6) is -0.668. The maximum absolute atomic E-state index is 13.5. The molecule has 2 unspecified atom stereocenters. The van der Waals surface area contributed by atoms with E-state index in [1.54, 1.807) is 13.1 Å². The van der Waals surface area contributed by atoms with Crippen LogP contribution in [0.15, 0.2) is 18.2 Å². The number of halogens is 1. The van der Waals surface area contributed by atoms with Gasteiger partial charge < -0.3 is 21.3 Å². The maximum atomic E-state index is 13.5. The molecule has 1 rings (SSSR count). The average molecular weight is 228 g/mol. The van der Waals surface area contributed by atoms with E-state index in [9.17, 15) is 14.6 Å². The molecule has 0 aromatic heterocycles. The van der Waals surface area contributed by atoms with Gasteiger partial charge in [0.15, 0.2) is 5.82 Å². The van der Waals surface area contributed by atoms with Gasteiger partial charge in [0.25, 0.3) is 0 Å². The van der Waals surface area contributed by atoms with Crippen LogP contribution in [0.1, 0.15) is 18.1 Å². The highest BCUT2D eigenvalue weighted by Crippen LogP contribution is 2.24. The Bertz CT molecular complexity index is 347. The topological polar surface area (TPSA) is 78.5 Å². The molecule has 0 aliphatic rings. The van der Waals surface area contributed by atoms with E-state index in [2.05, 4.69) is 5.32 Å². The zero-order chi connectivity index (χ0) is 12.1. The molecule has 16 heavy (non-hydrogen) atoms. The Morgan fingerprint density at radius 1 is 1.44 bits per heavy atom. The lowest BCUT2D eigenvalue weighted by atomic mass is 10.0. The van der Waals surface area contributed by atoms with E-state index in [-0.39, 0.29) is 11.3 Å². The molecule has 0 aliphatic carbocycles. The second-order valence-corrected chi connectivity index (χ2v) is 3.65. The van der Waals surface area contributed by atoms with Crippen molar-refractivity contribution in [2.24, 2.45) is 0 Å². The smallest absolute Gasteiger partial charge is 0.151 e. The number of aliphatic hydroxyl groups excluding tert-OH is 2. The molecular formula is C11H17FN2O2. The SMILES string of the molecule is CNCCC(O)C(O)c1cccc(N)c1F. The van der Waals surface area contributed by atoms with Crippen LogP contribution in [0.5, 0.6) is 0 Å². The summed E-state index contributed by atoms with van der Waals surface area (Å²) in [6, 6.07) is 4.37. The van der Waals surface area contributed by atoms with Crippen molar-refractivity contribution in [1.82, 2.24) is 5.32 Å². The normalized spacial score (nSPS) is 14.8. The van der Waals surface area contributed by atoms with E-state index in [0.717, 1.165) is 0 Å². The van der Waals surface area contributed by atoms with Crippen LogP contribution in [0.25, 0.3) is 0 Å². The molecule has 0 amide bonds. The fourth-order valence-electron chi connectivity index (χ4n) is 1.45. The molecule has 0 aliphatic heterocycles. The van der Waals surface area contributed by atoms with Gasteiger partial charge >= 0.3 is 0 Å². The van der Waals surface area contributed by atoms with Gasteiger partial charge in [-0.15, -0.1) is 0 Å². The van der Waals surface area contributed by atoms with E-state index < -0.39 is 18.0 Å². The summed E-state index contributed by atoms with van der Waals surface area (Å²) in [5.41, 5.74) is 5.38. The Morgan fingerprint density at radius 2 is 2.12 bits per heavy atom. The minimum atomic E-state index is -1.25. The number of benzene rings is 1. The van der Waals surface area contributed by atoms with Crippen molar-refractivity contribution in [2.45, 2.75) is 18.6 Å². The van der Waals surface area contributed by atoms with Gasteiger partial charge in [-0.3, -0.25) is 0 Å². The molecule has 0 radical (unpaired) electrons. The molecule has 0 saturated carbocycles. The molecule has 0 bridgehead atoms. The van der Waals surface area contributed by atoms with Gasteiger partial charge in [-0.25, -0.2) is 4.39 Å². The summed E-state index contributed by atoms with van der Waals surface area (Å²) in [7, 11) is 1.74. The van der Waals surface area contributed by atoms with Gasteiger partial charge in [-0.05, 0) is 26.1 Å². The standard InChI is InChI=1S/C11H17FN2O2/c1-14-6-5-9(15)11(16)7-3-2-4-8(13)10(7)12/h2-4,9,11,14-16H,5-6,13H2,1H3. The molecular weight excluding hydrogens is 211 g/mol. The van der Waals surface area contributed by atoms with Crippen LogP contribution in [0.3, 0.4) is 0 Å². The third kappa shape index (κ3) is 2.91. The third-order valence-corrected chi connectivity index (χ3v) is 2.43. The predicted molar refractivity (Wildman–Crippen MR) is 60.3 cm³/mol. The van der Waals surface area contributed by atoms with Crippen LogP contribution in [-0.2, 0) is 0 Å². The van der Waals surface area contributed by atoms with Crippen molar-refractivity contribution in [1.29, 1.82) is 0 Å². The first-order valence-electron chi connectivity index (χ1n) is 5.12. The van der Waals surface area contributed by atoms with Gasteiger partial charge in [0.05, 0.1) is 11.8 Å². The number of aliphatic hydroxyl groups is 2. The number of nitrogens with one attached hydrogen (secondary N) is 1. The molecule has 90 valence electrons. The zero-order valence-corrected chi connectivity index (χ0v) is 9.15. The summed E-state index contributed by atoms with van der Waals surface area (Å²) in [5, 5.41) is 22.2. The van der Waals surface area contributed by atoms with Crippen LogP contribution >= 0.6 is 0 Å². The fraction of sp³-hybridized carbons (Fsp3) is 0.455. The third-order valence-electron chi connectivity index (χ3n) is 2.43. The lowest BCUT2D eigenvalue weighted by Crippen LogP contribution is -2.24. The molecule has 0 spiro atoms. The molecule has 1 aromatic carbocycles. The van der Waals surface area contributed by atoms with Crippen LogP contribution in [0, 0.1) is 5.82 Å². The van der Waals surface area contributed by atoms with E-state index in [0.29, 0.717) is 13.0 Å². The molecule has 0 saturated heterocycles. The summed E-state index contributed by atoms with van der Waals surface area (Å²) in [6.45, 7) is 0.544. The average Bonchev–Trinajstić information content (AvgIpc) is 2.28. The molecule has 1 aromatic rings. The maximum Gasteiger partial charge on any atom is 0.151 e. The number of rotatable bonds is 5. The monoisotopic (exact) mass is 228 g/mol. The van der Waals surface area contributed by atoms with Crippen LogP contribution < -0.4 is 11.1 Å². The Labute approximate surface area is 93.9 Å². The second-order valence-electron chi connectivity index (χ2n) is 3.65. The zero-order valence-electron chi connectivity index (χ0n) is 9.15. The highest BCUT2D eigenvalue weighted by molar-refractivity contribution is 5.43. The Balaban J connectivity index is 2.79. The molecule has 5 heteroatoms. The van der Waals surface area contributed by atoms with E-state index in [1.807, 2.05) is 0 Å². The molecule has 0 heterocycles. The first kappa shape index (κ1) is 12.9. The molecule has 2 atom stereocenters. The van der Waals surface area contributed by atoms with E-state index in [1.165, 1.54) is 12.1 Å². The lowest BCUT2D eigenvalue weighted by molar-refractivity contribution is 0.0121. The van der Waals surface area contributed by atoms with E-state index >= 15 is 0 Å².